The van der Waals surface area contributed by atoms with Gasteiger partial charge in [0.1, 0.15) is 0 Å². The van der Waals surface area contributed by atoms with Gasteiger partial charge in [-0.15, -0.1) is 22.5 Å². The van der Waals surface area contributed by atoms with Gasteiger partial charge in [-0.3, -0.25) is 0 Å². The number of terminal acetylenes is 1. The quantitative estimate of drug-likeness (QED) is 0.514. The number of rotatable bonds is 6. The zero-order chi connectivity index (χ0) is 10.2. The molecule has 0 amide bonds. The smallest absolute Gasteiger partial charge is 0.188 e. The fraction of sp³-hybridized carbons (Fsp3) is 0.667. The Hall–Kier alpha value is -1.41. The van der Waals surface area contributed by atoms with Crippen LogP contribution in [-0.4, -0.2) is 26.8 Å². The fourth-order valence-corrected chi connectivity index (χ4v) is 1.07. The van der Waals surface area contributed by atoms with Crippen LogP contribution in [0.15, 0.2) is 0 Å². The lowest BCUT2D eigenvalue weighted by Crippen LogP contribution is -2.15. The molecular formula is C9H15N5. The molecule has 0 aromatic carbocycles. The van der Waals surface area contributed by atoms with Gasteiger partial charge in [-0.1, -0.05) is 0 Å². The first-order valence-electron chi connectivity index (χ1n) is 4.70. The second kappa shape index (κ2) is 6.11. The lowest BCUT2D eigenvalue weighted by atomic mass is 10.2. The van der Waals surface area contributed by atoms with E-state index in [-0.39, 0.29) is 0 Å². The van der Waals surface area contributed by atoms with Crippen molar-refractivity contribution in [3.05, 3.63) is 5.82 Å². The second-order valence-electron chi connectivity index (χ2n) is 3.03. The molecule has 0 saturated heterocycles. The molecule has 1 N–H and O–H groups in total. The van der Waals surface area contributed by atoms with Crippen LogP contribution < -0.4 is 5.32 Å². The molecule has 76 valence electrons. The van der Waals surface area contributed by atoms with Crippen LogP contribution in [0.2, 0.25) is 0 Å². The molecule has 1 aromatic rings. The zero-order valence-electron chi connectivity index (χ0n) is 8.40. The van der Waals surface area contributed by atoms with E-state index in [2.05, 4.69) is 26.6 Å². The van der Waals surface area contributed by atoms with Crippen molar-refractivity contribution >= 4 is 0 Å². The molecule has 0 aliphatic carbocycles. The summed E-state index contributed by atoms with van der Waals surface area (Å²) in [7, 11) is 1.75. The molecule has 5 heteroatoms. The van der Waals surface area contributed by atoms with Crippen molar-refractivity contribution < 1.29 is 0 Å². The third-order valence-corrected chi connectivity index (χ3v) is 1.76. The molecule has 5 nitrogen and oxygen atoms in total. The van der Waals surface area contributed by atoms with Crippen LogP contribution in [0.5, 0.6) is 0 Å². The maximum absolute atomic E-state index is 5.14. The Kier molecular flexibility index (Phi) is 4.65. The Morgan fingerprint density at radius 2 is 2.36 bits per heavy atom. The number of nitrogens with zero attached hydrogens (tertiary/aromatic N) is 4. The van der Waals surface area contributed by atoms with Crippen LogP contribution in [0.1, 0.15) is 25.1 Å². The molecule has 0 unspecified atom stereocenters. The van der Waals surface area contributed by atoms with Crippen molar-refractivity contribution in [2.45, 2.75) is 25.8 Å². The molecule has 1 rings (SSSR count). The van der Waals surface area contributed by atoms with Crippen LogP contribution >= 0.6 is 0 Å². The third-order valence-electron chi connectivity index (χ3n) is 1.76. The first kappa shape index (κ1) is 10.7. The number of hydrogen-bond donors (Lipinski definition) is 1. The second-order valence-corrected chi connectivity index (χ2v) is 3.03. The highest BCUT2D eigenvalue weighted by Gasteiger charge is 1.97. The van der Waals surface area contributed by atoms with E-state index in [1.807, 2.05) is 0 Å². The Bertz CT molecular complexity index is 298. The summed E-state index contributed by atoms with van der Waals surface area (Å²) in [4.78, 5) is 1.45. The standard InChI is InChI=1S/C9H15N5/c1-3-4-5-6-7-10-8-9-11-13-14(2)12-9/h1,10H,4-8H2,2H3. The van der Waals surface area contributed by atoms with Crippen molar-refractivity contribution in [1.29, 1.82) is 0 Å². The minimum absolute atomic E-state index is 0.671. The average molecular weight is 193 g/mol. The maximum Gasteiger partial charge on any atom is 0.188 e. The van der Waals surface area contributed by atoms with Gasteiger partial charge < -0.3 is 5.32 Å². The number of tetrazole rings is 1. The lowest BCUT2D eigenvalue weighted by molar-refractivity contribution is 0.603. The van der Waals surface area contributed by atoms with E-state index in [0.717, 1.165) is 31.6 Å². The minimum Gasteiger partial charge on any atom is -0.310 e. The van der Waals surface area contributed by atoms with E-state index < -0.39 is 0 Å². The van der Waals surface area contributed by atoms with Crippen LogP contribution in [-0.2, 0) is 13.6 Å². The minimum atomic E-state index is 0.671. The van der Waals surface area contributed by atoms with E-state index in [1.54, 1.807) is 7.05 Å². The Morgan fingerprint density at radius 3 is 3.00 bits per heavy atom. The van der Waals surface area contributed by atoms with Gasteiger partial charge >= 0.3 is 0 Å². The van der Waals surface area contributed by atoms with Gasteiger partial charge in [0.15, 0.2) is 5.82 Å². The Morgan fingerprint density at radius 1 is 1.50 bits per heavy atom. The largest absolute Gasteiger partial charge is 0.310 e. The third kappa shape index (κ3) is 4.01. The van der Waals surface area contributed by atoms with Crippen LogP contribution in [0.25, 0.3) is 0 Å². The predicted octanol–water partition coefficient (Wildman–Crippen LogP) is 0.103. The summed E-state index contributed by atoms with van der Waals surface area (Å²) in [5.41, 5.74) is 0. The Labute approximate surface area is 83.9 Å². The number of aromatic nitrogens is 4. The summed E-state index contributed by atoms with van der Waals surface area (Å²) in [6.07, 6.45) is 8.14. The maximum atomic E-state index is 5.14. The van der Waals surface area contributed by atoms with Gasteiger partial charge in [0.05, 0.1) is 13.6 Å². The predicted molar refractivity (Wildman–Crippen MR) is 53.2 cm³/mol. The van der Waals surface area contributed by atoms with Crippen molar-refractivity contribution in [2.24, 2.45) is 7.05 Å². The summed E-state index contributed by atoms with van der Waals surface area (Å²) < 4.78 is 0. The van der Waals surface area contributed by atoms with Crippen molar-refractivity contribution in [3.8, 4) is 12.3 Å². The Balaban J connectivity index is 2.02. The highest BCUT2D eigenvalue weighted by Crippen LogP contribution is 1.92. The molecular weight excluding hydrogens is 178 g/mol. The number of unbranched alkanes of at least 4 members (excludes halogenated alkanes) is 2. The molecule has 0 radical (unpaired) electrons. The summed E-state index contributed by atoms with van der Waals surface area (Å²) in [5.74, 6) is 3.34. The van der Waals surface area contributed by atoms with Crippen LogP contribution in [0, 0.1) is 12.3 Å². The molecule has 0 aliphatic heterocycles. The molecule has 0 aliphatic rings. The molecule has 14 heavy (non-hydrogen) atoms. The highest BCUT2D eigenvalue weighted by molar-refractivity contribution is 4.83. The lowest BCUT2D eigenvalue weighted by Gasteiger charge is -1.99. The molecule has 0 atom stereocenters. The topological polar surface area (TPSA) is 55.6 Å². The van der Waals surface area contributed by atoms with Gasteiger partial charge in [0.2, 0.25) is 0 Å². The summed E-state index contributed by atoms with van der Waals surface area (Å²) in [6.45, 7) is 1.61. The average Bonchev–Trinajstić information content (AvgIpc) is 2.58. The number of nitrogens with one attached hydrogen (secondary N) is 1. The fourth-order valence-electron chi connectivity index (χ4n) is 1.07. The number of hydrogen-bond acceptors (Lipinski definition) is 4. The van der Waals surface area contributed by atoms with Gasteiger partial charge in [-0.05, 0) is 24.6 Å². The monoisotopic (exact) mass is 193 g/mol. The first-order chi connectivity index (χ1) is 6.83. The summed E-state index contributed by atoms with van der Waals surface area (Å²) in [5, 5.41) is 14.9. The van der Waals surface area contributed by atoms with Crippen LogP contribution in [0.4, 0.5) is 0 Å². The molecule has 1 heterocycles. The van der Waals surface area contributed by atoms with Crippen LogP contribution in [0.3, 0.4) is 0 Å². The molecule has 0 spiro atoms. The van der Waals surface area contributed by atoms with Gasteiger partial charge in [0.25, 0.3) is 0 Å². The first-order valence-corrected chi connectivity index (χ1v) is 4.70. The van der Waals surface area contributed by atoms with Gasteiger partial charge in [0, 0.05) is 6.42 Å². The van der Waals surface area contributed by atoms with E-state index in [9.17, 15) is 0 Å². The van der Waals surface area contributed by atoms with E-state index in [4.69, 9.17) is 6.42 Å². The molecule has 0 fully saturated rings. The van der Waals surface area contributed by atoms with E-state index >= 15 is 0 Å². The highest BCUT2D eigenvalue weighted by atomic mass is 15.6. The molecule has 0 bridgehead atoms. The number of aryl methyl sites for hydroxylation is 1. The van der Waals surface area contributed by atoms with Crippen molar-refractivity contribution in [3.63, 3.8) is 0 Å². The summed E-state index contributed by atoms with van der Waals surface area (Å²) in [6, 6.07) is 0. The summed E-state index contributed by atoms with van der Waals surface area (Å²) >= 11 is 0. The van der Waals surface area contributed by atoms with E-state index in [1.165, 1.54) is 4.80 Å². The van der Waals surface area contributed by atoms with E-state index in [0.29, 0.717) is 6.54 Å². The molecule has 1 aromatic heterocycles. The molecule has 0 saturated carbocycles. The van der Waals surface area contributed by atoms with Crippen molar-refractivity contribution in [1.82, 2.24) is 25.5 Å². The van der Waals surface area contributed by atoms with Crippen molar-refractivity contribution in [2.75, 3.05) is 6.54 Å². The normalized spacial score (nSPS) is 10.0. The van der Waals surface area contributed by atoms with Gasteiger partial charge in [-0.2, -0.15) is 4.80 Å². The SMILES string of the molecule is C#CCCCCNCc1nnn(C)n1. The zero-order valence-corrected chi connectivity index (χ0v) is 8.40. The van der Waals surface area contributed by atoms with Gasteiger partial charge in [-0.25, -0.2) is 0 Å².